The van der Waals surface area contributed by atoms with Crippen molar-refractivity contribution in [2.75, 3.05) is 26.9 Å². The van der Waals surface area contributed by atoms with Crippen molar-refractivity contribution in [3.8, 4) is 0 Å². The highest BCUT2D eigenvalue weighted by atomic mass is 16.8. The van der Waals surface area contributed by atoms with Crippen molar-refractivity contribution in [3.63, 3.8) is 0 Å². The van der Waals surface area contributed by atoms with Gasteiger partial charge in [0.15, 0.2) is 12.6 Å². The zero-order valence-corrected chi connectivity index (χ0v) is 39.5. The van der Waals surface area contributed by atoms with E-state index in [1.54, 1.807) is 36.4 Å². The van der Waals surface area contributed by atoms with Gasteiger partial charge in [-0.05, 0) is 33.4 Å². The second kappa shape index (κ2) is 27.1. The van der Waals surface area contributed by atoms with Crippen LogP contribution in [0.15, 0.2) is 182 Å². The molecule has 2 fully saturated rings. The Balaban J connectivity index is 1.22. The van der Waals surface area contributed by atoms with E-state index in [0.717, 1.165) is 16.7 Å². The van der Waals surface area contributed by atoms with Gasteiger partial charge in [0.2, 0.25) is 0 Å². The number of hydrogen-bond acceptors (Lipinski definition) is 12. The molecule has 0 N–H and O–H groups in total. The first kappa shape index (κ1) is 46.8. The smallest absolute Gasteiger partial charge is 0.302 e. The Kier molecular flexibility index (Phi) is 18.1. The fraction of sp³-hybridized carbons (Fsp3) is 0.362. The third-order valence-electron chi connectivity index (χ3n) is 12.0. The summed E-state index contributed by atoms with van der Waals surface area (Å²) in [6.45, 7) is -2.07. The summed E-state index contributed by atoms with van der Waals surface area (Å²) in [5, 5.41) is 0. The molecule has 2 saturated heterocycles. The molecule has 2 aliphatic rings. The fourth-order valence-electron chi connectivity index (χ4n) is 8.41. The van der Waals surface area contributed by atoms with Crippen molar-refractivity contribution in [2.24, 2.45) is 5.92 Å². The molecule has 0 spiro atoms. The number of carbonyl (C=O) groups is 1. The van der Waals surface area contributed by atoms with Crippen molar-refractivity contribution < 1.29 is 61.0 Å². The number of benzene rings is 6. The summed E-state index contributed by atoms with van der Waals surface area (Å²) in [5.74, 6) is -1.13. The zero-order valence-electron chi connectivity index (χ0n) is 42.5. The molecule has 0 radical (unpaired) electrons. The van der Waals surface area contributed by atoms with Crippen LogP contribution in [0.3, 0.4) is 0 Å². The first-order chi connectivity index (χ1) is 35.7. The summed E-state index contributed by atoms with van der Waals surface area (Å²) in [4.78, 5) is 12.6. The summed E-state index contributed by atoms with van der Waals surface area (Å²) >= 11 is 0. The minimum Gasteiger partial charge on any atom is -0.465 e. The van der Waals surface area contributed by atoms with E-state index >= 15 is 0 Å². The molecule has 0 aliphatic carbocycles. The third kappa shape index (κ3) is 15.0. The fourth-order valence-corrected chi connectivity index (χ4v) is 8.41. The number of ether oxygens (including phenoxy) is 11. The van der Waals surface area contributed by atoms with Gasteiger partial charge in [-0.1, -0.05) is 182 Å². The van der Waals surface area contributed by atoms with Gasteiger partial charge in [0.05, 0.1) is 81.6 Å². The van der Waals surface area contributed by atoms with Gasteiger partial charge in [0.1, 0.15) is 30.5 Å². The van der Waals surface area contributed by atoms with Crippen molar-refractivity contribution in [1.29, 1.82) is 0 Å². The second-order valence-electron chi connectivity index (χ2n) is 17.0. The van der Waals surface area contributed by atoms with Crippen LogP contribution in [0.25, 0.3) is 0 Å². The van der Waals surface area contributed by atoms with Gasteiger partial charge in [0.25, 0.3) is 0 Å². The Morgan fingerprint density at radius 2 is 0.857 bits per heavy atom. The van der Waals surface area contributed by atoms with Crippen LogP contribution >= 0.6 is 0 Å². The maximum Gasteiger partial charge on any atom is 0.302 e. The molecule has 8 rings (SSSR count). The quantitative estimate of drug-likeness (QED) is 0.0509. The maximum atomic E-state index is 12.6. The summed E-state index contributed by atoms with van der Waals surface area (Å²) in [7, 11) is 1.46. The lowest BCUT2D eigenvalue weighted by molar-refractivity contribution is -0.371. The first-order valence-electron chi connectivity index (χ1n) is 25.4. The zero-order chi connectivity index (χ0) is 50.8. The molecule has 6 aromatic carbocycles. The molecular formula is C58H64O12. The molecule has 2 aliphatic heterocycles. The van der Waals surface area contributed by atoms with Crippen molar-refractivity contribution in [1.82, 2.24) is 0 Å². The largest absolute Gasteiger partial charge is 0.465 e. The number of methoxy groups -OCH3 is 1. The van der Waals surface area contributed by atoms with Crippen LogP contribution in [0.5, 0.6) is 0 Å². The summed E-state index contributed by atoms with van der Waals surface area (Å²) in [6.07, 6.45) is -9.88. The normalized spacial score (nSPS) is 26.5. The first-order valence-corrected chi connectivity index (χ1v) is 23.6. The predicted molar refractivity (Wildman–Crippen MR) is 262 cm³/mol. The van der Waals surface area contributed by atoms with Crippen molar-refractivity contribution in [3.05, 3.63) is 215 Å². The molecule has 0 aromatic heterocycles. The van der Waals surface area contributed by atoms with Crippen LogP contribution in [-0.2, 0) is 96.5 Å². The Bertz CT molecular complexity index is 2490. The van der Waals surface area contributed by atoms with E-state index in [1.165, 1.54) is 14.0 Å². The lowest BCUT2D eigenvalue weighted by atomic mass is 9.88. The highest BCUT2D eigenvalue weighted by Gasteiger charge is 2.54. The molecule has 0 saturated carbocycles. The van der Waals surface area contributed by atoms with E-state index in [-0.39, 0.29) is 39.6 Å². The van der Waals surface area contributed by atoms with Crippen molar-refractivity contribution >= 4 is 5.97 Å². The van der Waals surface area contributed by atoms with E-state index < -0.39 is 86.9 Å². The van der Waals surface area contributed by atoms with Crippen LogP contribution in [-0.4, -0.2) is 88.2 Å². The summed E-state index contributed by atoms with van der Waals surface area (Å²) in [5.41, 5.74) is 4.42. The number of rotatable bonds is 25. The molecule has 12 nitrogen and oxygen atoms in total. The standard InChI is InChI=1S/C58H64O12/c1-42(59)63-39-49-50(40-61-33-43-21-9-3-10-22-43)68-58(55(66-37-47-29-17-7-18-30-47)52(49)64-35-45-25-13-5-14-26-45)70-53-51(41-62-34-44-23-11-4-12-24-44)69-57(60-2)56(67-38-48-31-19-8-20-32-48)54(53)65-36-46-27-15-6-16-28-46/h3-32,49-58H,33-41H2,1-2H3/t49-,50-,51-,52+,53-,54+,55-,56-,57?,58-/m1/s1/i34D,36D,38D/t34?,36?,38?,49-,50-,51-,52+,53-,54+,55-,56-,57?,58-. The van der Waals surface area contributed by atoms with Gasteiger partial charge in [-0.3, -0.25) is 4.79 Å². The van der Waals surface area contributed by atoms with Gasteiger partial charge in [-0.15, -0.1) is 0 Å². The number of carbonyl (C=O) groups excluding carboxylic acids is 1. The number of hydrogen-bond donors (Lipinski definition) is 0. The number of esters is 1. The molecule has 2 heterocycles. The van der Waals surface area contributed by atoms with Gasteiger partial charge in [-0.25, -0.2) is 0 Å². The van der Waals surface area contributed by atoms with E-state index in [0.29, 0.717) is 16.7 Å². The molecule has 12 heteroatoms. The van der Waals surface area contributed by atoms with Gasteiger partial charge < -0.3 is 52.1 Å². The summed E-state index contributed by atoms with van der Waals surface area (Å²) in [6, 6.07) is 56.4. The SMILES string of the molecule is [2H]C(OC[C@H]1OC(OC)[C@H](OC([2H])c2ccccc2)[C@@H](OC([2H])c2ccccc2)[C@@H]1O[C@H]1O[C@H](COCc2ccccc2)[C@@H](COC(C)=O)[C@H](OCc2ccccc2)[C@H]1OCc1ccccc1)c1ccccc1. The average Bonchev–Trinajstić information content (AvgIpc) is 3.43. The molecule has 4 unspecified atom stereocenters. The highest BCUT2D eigenvalue weighted by molar-refractivity contribution is 5.65. The molecule has 70 heavy (non-hydrogen) atoms. The predicted octanol–water partition coefficient (Wildman–Crippen LogP) is 9.42. The maximum absolute atomic E-state index is 12.6. The topological polar surface area (TPSA) is 119 Å². The molecule has 6 aromatic rings. The molecule has 13 atom stereocenters. The Morgan fingerprint density at radius 3 is 1.36 bits per heavy atom. The third-order valence-corrected chi connectivity index (χ3v) is 12.0. The Morgan fingerprint density at radius 1 is 0.443 bits per heavy atom. The molecule has 0 amide bonds. The minimum atomic E-state index is -1.30. The van der Waals surface area contributed by atoms with Crippen LogP contribution in [0.4, 0.5) is 0 Å². The minimum absolute atomic E-state index is 0.0282. The van der Waals surface area contributed by atoms with Crippen molar-refractivity contribution in [2.45, 2.75) is 102 Å². The van der Waals surface area contributed by atoms with Crippen LogP contribution in [0, 0.1) is 5.92 Å². The van der Waals surface area contributed by atoms with Crippen LogP contribution in [0.1, 0.15) is 44.4 Å². The second-order valence-corrected chi connectivity index (χ2v) is 17.0. The van der Waals surface area contributed by atoms with Crippen LogP contribution in [0.2, 0.25) is 0 Å². The van der Waals surface area contributed by atoms with Gasteiger partial charge in [0, 0.05) is 14.0 Å². The molecular weight excluding hydrogens is 889 g/mol. The highest BCUT2D eigenvalue weighted by Crippen LogP contribution is 2.38. The van der Waals surface area contributed by atoms with Crippen LogP contribution < -0.4 is 0 Å². The van der Waals surface area contributed by atoms with E-state index in [4.69, 9.17) is 53.5 Å². The average molecular weight is 956 g/mol. The van der Waals surface area contributed by atoms with E-state index in [9.17, 15) is 7.54 Å². The monoisotopic (exact) mass is 955 g/mol. The van der Waals surface area contributed by atoms with E-state index in [1.807, 2.05) is 146 Å². The lowest BCUT2D eigenvalue weighted by Crippen LogP contribution is -2.65. The summed E-state index contributed by atoms with van der Waals surface area (Å²) < 4.78 is 101. The van der Waals surface area contributed by atoms with Gasteiger partial charge >= 0.3 is 5.97 Å². The molecule has 0 bridgehead atoms. The molecule has 368 valence electrons. The lowest BCUT2D eigenvalue weighted by Gasteiger charge is -2.50. The Labute approximate surface area is 415 Å². The van der Waals surface area contributed by atoms with E-state index in [2.05, 4.69) is 0 Å². The Hall–Kier alpha value is -5.61. The van der Waals surface area contributed by atoms with Gasteiger partial charge in [-0.2, -0.15) is 0 Å².